The van der Waals surface area contributed by atoms with E-state index < -0.39 is 5.97 Å². The van der Waals surface area contributed by atoms with Crippen LogP contribution in [0, 0.1) is 0 Å². The Bertz CT molecular complexity index is 72.9. The van der Waals surface area contributed by atoms with Gasteiger partial charge in [0.15, 0.2) is 0 Å². The summed E-state index contributed by atoms with van der Waals surface area (Å²) in [5.41, 5.74) is 0. The van der Waals surface area contributed by atoms with Gasteiger partial charge in [0.1, 0.15) is 0 Å². The molecule has 0 aromatic rings. The van der Waals surface area contributed by atoms with Crippen LogP contribution in [0.4, 0.5) is 0 Å². The minimum absolute atomic E-state index is 0.833. The summed E-state index contributed by atoms with van der Waals surface area (Å²) < 4.78 is 0. The number of rotatable bonds is 1. The molecule has 5 nitrogen and oxygen atoms in total. The summed E-state index contributed by atoms with van der Waals surface area (Å²) in [6.07, 6.45) is 0.833. The lowest BCUT2D eigenvalue weighted by molar-refractivity contribution is -0.131. The van der Waals surface area contributed by atoms with Gasteiger partial charge in [-0.1, -0.05) is 6.58 Å². The molecule has 0 bridgehead atoms. The van der Waals surface area contributed by atoms with E-state index in [1.54, 1.807) is 0 Å². The van der Waals surface area contributed by atoms with E-state index in [-0.39, 0.29) is 0 Å². The van der Waals surface area contributed by atoms with Crippen molar-refractivity contribution in [3.63, 3.8) is 0 Å². The lowest BCUT2D eigenvalue weighted by atomic mass is 10.7. The fraction of sp³-hybridized carbons (Fsp3) is 0. The zero-order valence-corrected chi connectivity index (χ0v) is 4.20. The standard InChI is InChI=1S/C3H4O2.H4N2O/c1-2-3(4)5;1-3-2/h2H,1H2,(H,4,5);1-2H2. The zero-order valence-electron chi connectivity index (χ0n) is 4.20. The maximum absolute atomic E-state index is 9.25. The Hall–Kier alpha value is -0.910. The highest BCUT2D eigenvalue weighted by atomic mass is 16.7. The molecule has 0 saturated heterocycles. The number of hydrogen-bond acceptors (Lipinski definition) is 4. The fourth-order valence-corrected chi connectivity index (χ4v) is 0. The molecule has 0 aliphatic rings. The Morgan fingerprint density at radius 2 is 1.88 bits per heavy atom. The summed E-state index contributed by atoms with van der Waals surface area (Å²) in [6.45, 7) is 2.96. The van der Waals surface area contributed by atoms with Gasteiger partial charge >= 0.3 is 5.97 Å². The van der Waals surface area contributed by atoms with Crippen LogP contribution in [0.1, 0.15) is 0 Å². The molecule has 5 heteroatoms. The van der Waals surface area contributed by atoms with E-state index in [2.05, 4.69) is 23.3 Å². The van der Waals surface area contributed by atoms with Crippen LogP contribution in [0.15, 0.2) is 12.7 Å². The summed E-state index contributed by atoms with van der Waals surface area (Å²) in [5, 5.41) is 7.60. The lowest BCUT2D eigenvalue weighted by Crippen LogP contribution is -2.03. The van der Waals surface area contributed by atoms with E-state index >= 15 is 0 Å². The number of carbonyl (C=O) groups is 1. The maximum Gasteiger partial charge on any atom is 0.327 e. The zero-order chi connectivity index (χ0) is 6.99. The Kier molecular flexibility index (Phi) is 12.0. The number of hydrogen-bond donors (Lipinski definition) is 3. The van der Waals surface area contributed by atoms with Crippen molar-refractivity contribution >= 4 is 5.97 Å². The molecule has 0 aromatic heterocycles. The average molecular weight is 120 g/mol. The highest BCUT2D eigenvalue weighted by Crippen LogP contribution is 1.54. The molecule has 8 heavy (non-hydrogen) atoms. The minimum Gasteiger partial charge on any atom is -0.478 e. The molecule has 0 spiro atoms. The Labute approximate surface area is 46.4 Å². The Morgan fingerprint density at radius 3 is 1.88 bits per heavy atom. The molecule has 0 radical (unpaired) electrons. The molecule has 0 unspecified atom stereocenters. The number of aliphatic carboxylic acids is 1. The highest BCUT2D eigenvalue weighted by molar-refractivity contribution is 5.78. The van der Waals surface area contributed by atoms with Crippen LogP contribution in [0.3, 0.4) is 0 Å². The van der Waals surface area contributed by atoms with E-state index in [1.165, 1.54) is 0 Å². The molecule has 0 aliphatic carbocycles. The second-order valence-electron chi connectivity index (χ2n) is 0.678. The van der Waals surface area contributed by atoms with Crippen molar-refractivity contribution in [2.45, 2.75) is 0 Å². The number of carboxylic acids is 1. The number of carboxylic acid groups (broad SMARTS) is 1. The van der Waals surface area contributed by atoms with Gasteiger partial charge in [-0.15, -0.1) is 0 Å². The summed E-state index contributed by atoms with van der Waals surface area (Å²) in [4.78, 5) is 12.5. The van der Waals surface area contributed by atoms with Crippen molar-refractivity contribution in [1.29, 1.82) is 0 Å². The minimum atomic E-state index is -0.981. The molecule has 0 aromatic carbocycles. The van der Waals surface area contributed by atoms with Crippen LogP contribution in [-0.4, -0.2) is 11.1 Å². The monoisotopic (exact) mass is 120 g/mol. The highest BCUT2D eigenvalue weighted by Gasteiger charge is 1.73. The smallest absolute Gasteiger partial charge is 0.327 e. The van der Waals surface area contributed by atoms with Crippen LogP contribution >= 0.6 is 0 Å². The fourth-order valence-electron chi connectivity index (χ4n) is 0. The molecule has 0 amide bonds. The van der Waals surface area contributed by atoms with Gasteiger partial charge in [-0.05, 0) is 0 Å². The van der Waals surface area contributed by atoms with Crippen LogP contribution in [0.2, 0.25) is 0 Å². The first-order valence-electron chi connectivity index (χ1n) is 1.60. The summed E-state index contributed by atoms with van der Waals surface area (Å²) >= 11 is 0. The third kappa shape index (κ3) is 71.7. The van der Waals surface area contributed by atoms with Crippen LogP contribution < -0.4 is 11.8 Å². The van der Waals surface area contributed by atoms with Gasteiger partial charge in [0.2, 0.25) is 0 Å². The molecule has 0 fully saturated rings. The van der Waals surface area contributed by atoms with E-state index in [0.717, 1.165) is 6.08 Å². The topological polar surface area (TPSA) is 98.6 Å². The van der Waals surface area contributed by atoms with Gasteiger partial charge in [-0.3, -0.25) is 0 Å². The average Bonchev–Trinajstić information content (AvgIpc) is 1.69. The molecule has 48 valence electrons. The van der Waals surface area contributed by atoms with Crippen LogP contribution in [-0.2, 0) is 9.73 Å². The molecular formula is C3H8N2O3. The van der Waals surface area contributed by atoms with E-state index in [4.69, 9.17) is 5.11 Å². The molecule has 0 heterocycles. The predicted octanol–water partition coefficient (Wildman–Crippen LogP) is -0.993. The normalized spacial score (nSPS) is 6.25. The first kappa shape index (κ1) is 10.1. The Balaban J connectivity index is 0. The number of nitrogens with two attached hydrogens (primary N) is 2. The maximum atomic E-state index is 9.25. The van der Waals surface area contributed by atoms with Crippen LogP contribution in [0.25, 0.3) is 0 Å². The second-order valence-corrected chi connectivity index (χ2v) is 0.678. The summed E-state index contributed by atoms with van der Waals surface area (Å²) in [5.74, 6) is 7.27. The first-order valence-corrected chi connectivity index (χ1v) is 1.60. The van der Waals surface area contributed by atoms with Crippen molar-refractivity contribution in [2.24, 2.45) is 11.8 Å². The quantitative estimate of drug-likeness (QED) is 0.304. The summed E-state index contributed by atoms with van der Waals surface area (Å²) in [7, 11) is 0. The molecule has 0 aliphatic heterocycles. The largest absolute Gasteiger partial charge is 0.478 e. The molecule has 0 saturated carbocycles. The third-order valence-electron chi connectivity index (χ3n) is 0.175. The van der Waals surface area contributed by atoms with Gasteiger partial charge in [0.05, 0.1) is 0 Å². The van der Waals surface area contributed by atoms with E-state index in [9.17, 15) is 4.79 Å². The van der Waals surface area contributed by atoms with Crippen molar-refractivity contribution in [3.05, 3.63) is 12.7 Å². The molecule has 5 N–H and O–H groups in total. The molecular weight excluding hydrogens is 112 g/mol. The SMILES string of the molecule is C=CC(=O)O.NON. The Morgan fingerprint density at radius 1 is 1.75 bits per heavy atom. The third-order valence-corrected chi connectivity index (χ3v) is 0.175. The molecule has 0 atom stereocenters. The predicted molar refractivity (Wildman–Crippen MR) is 27.3 cm³/mol. The van der Waals surface area contributed by atoms with E-state index in [0.29, 0.717) is 0 Å². The van der Waals surface area contributed by atoms with Gasteiger partial charge in [-0.25, -0.2) is 9.73 Å². The van der Waals surface area contributed by atoms with Crippen molar-refractivity contribution in [1.82, 2.24) is 0 Å². The van der Waals surface area contributed by atoms with Crippen LogP contribution in [0.5, 0.6) is 0 Å². The van der Waals surface area contributed by atoms with Gasteiger partial charge in [-0.2, -0.15) is 11.8 Å². The second kappa shape index (κ2) is 9.43. The summed E-state index contributed by atoms with van der Waals surface area (Å²) in [6, 6.07) is 0. The van der Waals surface area contributed by atoms with Crippen molar-refractivity contribution < 1.29 is 14.8 Å². The molecule has 0 rings (SSSR count). The van der Waals surface area contributed by atoms with Gasteiger partial charge in [0, 0.05) is 6.08 Å². The first-order chi connectivity index (χ1) is 3.68. The van der Waals surface area contributed by atoms with Crippen molar-refractivity contribution in [2.75, 3.05) is 0 Å². The van der Waals surface area contributed by atoms with Gasteiger partial charge in [0.25, 0.3) is 0 Å². The van der Waals surface area contributed by atoms with Gasteiger partial charge < -0.3 is 5.11 Å². The van der Waals surface area contributed by atoms with E-state index in [1.807, 2.05) is 0 Å². The van der Waals surface area contributed by atoms with Crippen molar-refractivity contribution in [3.8, 4) is 0 Å². The lowest BCUT2D eigenvalue weighted by Gasteiger charge is -1.64.